The van der Waals surface area contributed by atoms with Gasteiger partial charge in [-0.1, -0.05) is 30.5 Å². The van der Waals surface area contributed by atoms with E-state index in [0.717, 1.165) is 27.7 Å². The number of halogens is 1. The Labute approximate surface area is 135 Å². The number of hydrogen-bond acceptors (Lipinski definition) is 3. The fourth-order valence-electron chi connectivity index (χ4n) is 3.19. The molecule has 3 rings (SSSR count). The van der Waals surface area contributed by atoms with Gasteiger partial charge in [-0.15, -0.1) is 0 Å². The molecule has 2 nitrogen and oxygen atoms in total. The Bertz CT molecular complexity index is 617. The monoisotopic (exact) mass is 320 g/mol. The second-order valence-electron chi connectivity index (χ2n) is 5.65. The second-order valence-corrected chi connectivity index (χ2v) is 7.14. The molecule has 1 fully saturated rings. The number of nitrogens with one attached hydrogen (secondary N) is 1. The molecule has 1 saturated carbocycles. The van der Waals surface area contributed by atoms with Gasteiger partial charge in [0.25, 0.3) is 0 Å². The van der Waals surface area contributed by atoms with Crippen molar-refractivity contribution < 1.29 is 0 Å². The third-order valence-electron chi connectivity index (χ3n) is 4.36. The molecule has 0 saturated heterocycles. The van der Waals surface area contributed by atoms with Gasteiger partial charge in [-0.2, -0.15) is 11.8 Å². The zero-order valence-electron chi connectivity index (χ0n) is 12.3. The predicted molar refractivity (Wildman–Crippen MR) is 93.2 cm³/mol. The van der Waals surface area contributed by atoms with E-state index in [4.69, 9.17) is 11.6 Å². The van der Waals surface area contributed by atoms with Crippen LogP contribution in [0.4, 0.5) is 0 Å². The minimum absolute atomic E-state index is 0.614. The van der Waals surface area contributed by atoms with Crippen molar-refractivity contribution in [2.24, 2.45) is 0 Å². The number of pyridine rings is 1. The fourth-order valence-corrected chi connectivity index (χ4v) is 4.37. The minimum Gasteiger partial charge on any atom is -0.309 e. The van der Waals surface area contributed by atoms with Crippen LogP contribution in [-0.4, -0.2) is 22.5 Å². The van der Waals surface area contributed by atoms with Crippen molar-refractivity contribution in [3.8, 4) is 0 Å². The number of rotatable bonds is 4. The van der Waals surface area contributed by atoms with E-state index in [1.54, 1.807) is 0 Å². The smallest absolute Gasteiger partial charge is 0.0761 e. The van der Waals surface area contributed by atoms with Gasteiger partial charge in [0.1, 0.15) is 0 Å². The second kappa shape index (κ2) is 6.99. The highest BCUT2D eigenvalue weighted by atomic mass is 35.5. The lowest BCUT2D eigenvalue weighted by molar-refractivity contribution is 0.383. The van der Waals surface area contributed by atoms with Crippen LogP contribution in [0.2, 0.25) is 5.02 Å². The van der Waals surface area contributed by atoms with Gasteiger partial charge in [0, 0.05) is 34.4 Å². The number of hydrogen-bond donors (Lipinski definition) is 1. The molecule has 0 aliphatic heterocycles. The molecule has 1 heterocycles. The molecule has 21 heavy (non-hydrogen) atoms. The Kier molecular flexibility index (Phi) is 5.04. The lowest BCUT2D eigenvalue weighted by Gasteiger charge is -2.31. The first-order chi connectivity index (χ1) is 10.3. The summed E-state index contributed by atoms with van der Waals surface area (Å²) in [5.74, 6) is 0. The highest BCUT2D eigenvalue weighted by Gasteiger charge is 2.23. The third kappa shape index (κ3) is 3.36. The number of thioether (sulfide) groups is 1. The molecule has 2 unspecified atom stereocenters. The maximum absolute atomic E-state index is 6.26. The van der Waals surface area contributed by atoms with Gasteiger partial charge < -0.3 is 5.32 Å². The highest BCUT2D eigenvalue weighted by molar-refractivity contribution is 7.99. The molecule has 2 aromatic rings. The first-order valence-electron chi connectivity index (χ1n) is 7.58. The van der Waals surface area contributed by atoms with E-state index in [9.17, 15) is 0 Å². The lowest BCUT2D eigenvalue weighted by atomic mass is 9.94. The summed E-state index contributed by atoms with van der Waals surface area (Å²) < 4.78 is 0. The van der Waals surface area contributed by atoms with Crippen LogP contribution >= 0.6 is 23.4 Å². The van der Waals surface area contributed by atoms with Crippen LogP contribution in [0.25, 0.3) is 10.9 Å². The molecule has 4 heteroatoms. The molecule has 1 aliphatic rings. The van der Waals surface area contributed by atoms with E-state index >= 15 is 0 Å². The van der Waals surface area contributed by atoms with Crippen LogP contribution < -0.4 is 5.32 Å². The van der Waals surface area contributed by atoms with Crippen molar-refractivity contribution in [1.82, 2.24) is 10.3 Å². The van der Waals surface area contributed by atoms with Crippen molar-refractivity contribution in [2.45, 2.75) is 43.5 Å². The summed E-state index contributed by atoms with van der Waals surface area (Å²) in [6.07, 6.45) is 9.39. The molecule has 0 radical (unpaired) electrons. The van der Waals surface area contributed by atoms with Crippen molar-refractivity contribution in [2.75, 3.05) is 6.26 Å². The van der Waals surface area contributed by atoms with Crippen LogP contribution in [0.3, 0.4) is 0 Å². The van der Waals surface area contributed by atoms with Crippen LogP contribution in [0.15, 0.2) is 30.5 Å². The Hall–Kier alpha value is -0.770. The van der Waals surface area contributed by atoms with Crippen molar-refractivity contribution in [1.29, 1.82) is 0 Å². The Morgan fingerprint density at radius 1 is 1.29 bits per heavy atom. The van der Waals surface area contributed by atoms with Gasteiger partial charge in [-0.25, -0.2) is 0 Å². The average Bonchev–Trinajstić information content (AvgIpc) is 2.55. The largest absolute Gasteiger partial charge is 0.309 e. The maximum atomic E-state index is 6.26. The average molecular weight is 321 g/mol. The Balaban J connectivity index is 1.77. The Morgan fingerprint density at radius 3 is 3.00 bits per heavy atom. The number of fused-ring (bicyclic) bond motifs is 1. The van der Waals surface area contributed by atoms with E-state index in [-0.39, 0.29) is 0 Å². The molecule has 1 aliphatic carbocycles. The van der Waals surface area contributed by atoms with Gasteiger partial charge in [0.15, 0.2) is 0 Å². The molecule has 0 spiro atoms. The first kappa shape index (κ1) is 15.1. The zero-order chi connectivity index (χ0) is 14.7. The SMILES string of the molecule is CSC1CCCCC1NCc1ccc(Cl)c2cccnc12. The van der Waals surface area contributed by atoms with Gasteiger partial charge in [0.05, 0.1) is 5.52 Å². The highest BCUT2D eigenvalue weighted by Crippen LogP contribution is 2.28. The van der Waals surface area contributed by atoms with Crippen LogP contribution in [0.5, 0.6) is 0 Å². The summed E-state index contributed by atoms with van der Waals surface area (Å²) in [5.41, 5.74) is 2.26. The normalized spacial score (nSPS) is 22.6. The van der Waals surface area contributed by atoms with E-state index in [1.807, 2.05) is 36.2 Å². The molecule has 2 atom stereocenters. The summed E-state index contributed by atoms with van der Waals surface area (Å²) in [6.45, 7) is 0.867. The predicted octanol–water partition coefficient (Wildman–Crippen LogP) is 4.65. The number of aromatic nitrogens is 1. The number of benzene rings is 1. The lowest BCUT2D eigenvalue weighted by Crippen LogP contribution is -2.40. The summed E-state index contributed by atoms with van der Waals surface area (Å²) in [6, 6.07) is 8.68. The van der Waals surface area contributed by atoms with Gasteiger partial charge in [-0.3, -0.25) is 4.98 Å². The number of nitrogens with zero attached hydrogens (tertiary/aromatic N) is 1. The third-order valence-corrected chi connectivity index (χ3v) is 5.86. The van der Waals surface area contributed by atoms with Crippen molar-refractivity contribution >= 4 is 34.3 Å². The Morgan fingerprint density at radius 2 is 2.14 bits per heavy atom. The molecule has 112 valence electrons. The molecule has 1 aromatic carbocycles. The fraction of sp³-hybridized carbons (Fsp3) is 0.471. The zero-order valence-corrected chi connectivity index (χ0v) is 13.9. The maximum Gasteiger partial charge on any atom is 0.0761 e. The minimum atomic E-state index is 0.614. The topological polar surface area (TPSA) is 24.9 Å². The standard InChI is InChI=1S/C17H21ClN2S/c1-21-16-7-3-2-6-15(16)20-11-12-8-9-14(18)13-5-4-10-19-17(12)13/h4-5,8-10,15-16,20H,2-3,6-7,11H2,1H3. The summed E-state index contributed by atoms with van der Waals surface area (Å²) in [7, 11) is 0. The van der Waals surface area contributed by atoms with E-state index in [0.29, 0.717) is 6.04 Å². The molecular weight excluding hydrogens is 300 g/mol. The first-order valence-corrected chi connectivity index (χ1v) is 9.24. The molecule has 0 bridgehead atoms. The van der Waals surface area contributed by atoms with E-state index in [1.165, 1.54) is 31.2 Å². The molecular formula is C17H21ClN2S. The molecule has 1 N–H and O–H groups in total. The quantitative estimate of drug-likeness (QED) is 0.887. The summed E-state index contributed by atoms with van der Waals surface area (Å²) in [5, 5.41) is 6.31. The van der Waals surface area contributed by atoms with Crippen LogP contribution in [0, 0.1) is 0 Å². The molecule has 0 amide bonds. The summed E-state index contributed by atoms with van der Waals surface area (Å²) in [4.78, 5) is 4.52. The summed E-state index contributed by atoms with van der Waals surface area (Å²) >= 11 is 8.26. The van der Waals surface area contributed by atoms with E-state index < -0.39 is 0 Å². The van der Waals surface area contributed by atoms with Gasteiger partial charge >= 0.3 is 0 Å². The van der Waals surface area contributed by atoms with Crippen molar-refractivity contribution in [3.05, 3.63) is 41.0 Å². The van der Waals surface area contributed by atoms with Gasteiger partial charge in [-0.05, 0) is 42.9 Å². The van der Waals surface area contributed by atoms with Crippen LogP contribution in [-0.2, 0) is 6.54 Å². The van der Waals surface area contributed by atoms with Crippen molar-refractivity contribution in [3.63, 3.8) is 0 Å². The van der Waals surface area contributed by atoms with Crippen LogP contribution in [0.1, 0.15) is 31.2 Å². The van der Waals surface area contributed by atoms with Gasteiger partial charge in [0.2, 0.25) is 0 Å². The molecule has 1 aromatic heterocycles. The van der Waals surface area contributed by atoms with E-state index in [2.05, 4.69) is 22.6 Å².